The first-order valence-corrected chi connectivity index (χ1v) is 10.9. The SMILES string of the molecule is CNS(=O)(=O)c1ccc(/C=C/C(=O)Nc2cc(C(C)(C)C)nn2C(C)(C)C)cc1. The zero-order valence-electron chi connectivity index (χ0n) is 18.1. The molecule has 1 amide bonds. The maximum atomic E-state index is 12.5. The first kappa shape index (κ1) is 22.8. The van der Waals surface area contributed by atoms with E-state index in [-0.39, 0.29) is 21.8 Å². The molecule has 29 heavy (non-hydrogen) atoms. The minimum absolute atomic E-state index is 0.138. The number of carbonyl (C=O) groups excluding carboxylic acids is 1. The average molecular weight is 419 g/mol. The molecule has 0 atom stereocenters. The third-order valence-corrected chi connectivity index (χ3v) is 5.68. The lowest BCUT2D eigenvalue weighted by molar-refractivity contribution is -0.111. The molecule has 1 aromatic heterocycles. The van der Waals surface area contributed by atoms with E-state index in [0.717, 1.165) is 11.3 Å². The Kier molecular flexibility index (Phi) is 6.39. The highest BCUT2D eigenvalue weighted by atomic mass is 32.2. The number of rotatable bonds is 5. The lowest BCUT2D eigenvalue weighted by Gasteiger charge is -2.22. The number of nitrogens with zero attached hydrogens (tertiary/aromatic N) is 2. The van der Waals surface area contributed by atoms with Crippen molar-refractivity contribution < 1.29 is 13.2 Å². The van der Waals surface area contributed by atoms with Crippen LogP contribution >= 0.6 is 0 Å². The Hall–Kier alpha value is -2.45. The molecule has 0 radical (unpaired) electrons. The van der Waals surface area contributed by atoms with Crippen LogP contribution in [0.3, 0.4) is 0 Å². The van der Waals surface area contributed by atoms with Crippen LogP contribution < -0.4 is 10.0 Å². The smallest absolute Gasteiger partial charge is 0.249 e. The molecule has 8 heteroatoms. The number of carbonyl (C=O) groups is 1. The van der Waals surface area contributed by atoms with Crippen LogP contribution in [0.4, 0.5) is 5.82 Å². The largest absolute Gasteiger partial charge is 0.307 e. The zero-order chi connectivity index (χ0) is 22.0. The summed E-state index contributed by atoms with van der Waals surface area (Å²) < 4.78 is 27.6. The maximum Gasteiger partial charge on any atom is 0.249 e. The van der Waals surface area contributed by atoms with Crippen molar-refractivity contribution in [1.82, 2.24) is 14.5 Å². The number of anilines is 1. The summed E-state index contributed by atoms with van der Waals surface area (Å²) in [7, 11) is -2.12. The van der Waals surface area contributed by atoms with Crippen LogP contribution in [0, 0.1) is 0 Å². The summed E-state index contributed by atoms with van der Waals surface area (Å²) in [5, 5.41) is 7.57. The predicted octanol–water partition coefficient (Wildman–Crippen LogP) is 3.50. The molecule has 0 bridgehead atoms. The van der Waals surface area contributed by atoms with Gasteiger partial charge in [0.1, 0.15) is 5.82 Å². The Morgan fingerprint density at radius 1 is 1.07 bits per heavy atom. The summed E-state index contributed by atoms with van der Waals surface area (Å²) >= 11 is 0. The van der Waals surface area contributed by atoms with Crippen molar-refractivity contribution in [3.8, 4) is 0 Å². The third-order valence-electron chi connectivity index (χ3n) is 4.25. The first-order chi connectivity index (χ1) is 13.2. The molecule has 0 spiro atoms. The van der Waals surface area contributed by atoms with Gasteiger partial charge in [0.2, 0.25) is 15.9 Å². The van der Waals surface area contributed by atoms with Crippen LogP contribution in [-0.4, -0.2) is 31.2 Å². The molecule has 0 saturated heterocycles. The van der Waals surface area contributed by atoms with E-state index in [4.69, 9.17) is 0 Å². The van der Waals surface area contributed by atoms with Gasteiger partial charge in [0.15, 0.2) is 0 Å². The molecular formula is C21H30N4O3S. The number of amides is 1. The van der Waals surface area contributed by atoms with Gasteiger partial charge in [0.25, 0.3) is 0 Å². The lowest BCUT2D eigenvalue weighted by Crippen LogP contribution is -2.27. The Morgan fingerprint density at radius 2 is 1.66 bits per heavy atom. The molecule has 2 rings (SSSR count). The standard InChI is InChI=1S/C21H30N4O3S/c1-20(2,3)17-14-18(25(24-17)21(4,5)6)23-19(26)13-10-15-8-11-16(12-9-15)29(27,28)22-7/h8-14,22H,1-7H3,(H,23,26)/b13-10+. The normalized spacial score (nSPS) is 13.1. The number of sulfonamides is 1. The van der Waals surface area contributed by atoms with Crippen LogP contribution in [0.2, 0.25) is 0 Å². The van der Waals surface area contributed by atoms with Gasteiger partial charge in [0.05, 0.1) is 16.1 Å². The van der Waals surface area contributed by atoms with Crippen molar-refractivity contribution in [3.05, 3.63) is 47.7 Å². The topological polar surface area (TPSA) is 93.1 Å². The molecule has 0 unspecified atom stereocenters. The Labute approximate surface area is 173 Å². The van der Waals surface area contributed by atoms with Gasteiger partial charge < -0.3 is 5.32 Å². The second-order valence-corrected chi connectivity index (χ2v) is 10.7. The fourth-order valence-electron chi connectivity index (χ4n) is 2.56. The van der Waals surface area contributed by atoms with Gasteiger partial charge in [-0.2, -0.15) is 5.10 Å². The Balaban J connectivity index is 2.20. The van der Waals surface area contributed by atoms with Gasteiger partial charge in [-0.05, 0) is 51.6 Å². The summed E-state index contributed by atoms with van der Waals surface area (Å²) in [5.41, 5.74) is 1.19. The zero-order valence-corrected chi connectivity index (χ0v) is 18.9. The Morgan fingerprint density at radius 3 is 2.14 bits per heavy atom. The monoisotopic (exact) mass is 418 g/mol. The molecule has 1 heterocycles. The minimum Gasteiger partial charge on any atom is -0.307 e. The number of hydrogen-bond donors (Lipinski definition) is 2. The van der Waals surface area contributed by atoms with Gasteiger partial charge in [-0.25, -0.2) is 17.8 Å². The molecule has 0 aliphatic rings. The predicted molar refractivity (Wildman–Crippen MR) is 116 cm³/mol. The molecular weight excluding hydrogens is 388 g/mol. The van der Waals surface area contributed by atoms with E-state index >= 15 is 0 Å². The van der Waals surface area contributed by atoms with Gasteiger partial charge in [-0.1, -0.05) is 32.9 Å². The van der Waals surface area contributed by atoms with E-state index in [0.29, 0.717) is 5.82 Å². The highest BCUT2D eigenvalue weighted by Gasteiger charge is 2.25. The highest BCUT2D eigenvalue weighted by molar-refractivity contribution is 7.89. The number of nitrogens with one attached hydrogen (secondary N) is 2. The first-order valence-electron chi connectivity index (χ1n) is 9.38. The molecule has 0 saturated carbocycles. The molecule has 2 N–H and O–H groups in total. The molecule has 1 aromatic carbocycles. The summed E-state index contributed by atoms with van der Waals surface area (Å²) in [6.07, 6.45) is 3.05. The van der Waals surface area contributed by atoms with Crippen molar-refractivity contribution >= 4 is 27.8 Å². The van der Waals surface area contributed by atoms with Gasteiger partial charge in [-0.15, -0.1) is 0 Å². The average Bonchev–Trinajstić information content (AvgIpc) is 3.05. The lowest BCUT2D eigenvalue weighted by atomic mass is 9.92. The summed E-state index contributed by atoms with van der Waals surface area (Å²) in [6, 6.07) is 8.17. The van der Waals surface area contributed by atoms with Gasteiger partial charge in [-0.3, -0.25) is 4.79 Å². The number of hydrogen-bond acceptors (Lipinski definition) is 4. The molecule has 2 aromatic rings. The van der Waals surface area contributed by atoms with Crippen molar-refractivity contribution in [2.45, 2.75) is 57.4 Å². The molecule has 0 aliphatic heterocycles. The van der Waals surface area contributed by atoms with Gasteiger partial charge >= 0.3 is 0 Å². The molecule has 7 nitrogen and oxygen atoms in total. The second kappa shape index (κ2) is 8.12. The van der Waals surface area contributed by atoms with Crippen molar-refractivity contribution in [2.75, 3.05) is 12.4 Å². The fraction of sp³-hybridized carbons (Fsp3) is 0.429. The maximum absolute atomic E-state index is 12.5. The molecule has 0 aliphatic carbocycles. The van der Waals surface area contributed by atoms with E-state index < -0.39 is 10.0 Å². The fourth-order valence-corrected chi connectivity index (χ4v) is 3.29. The van der Waals surface area contributed by atoms with E-state index in [2.05, 4.69) is 35.9 Å². The van der Waals surface area contributed by atoms with E-state index in [1.54, 1.807) is 18.2 Å². The highest BCUT2D eigenvalue weighted by Crippen LogP contribution is 2.28. The third kappa shape index (κ3) is 5.77. The van der Waals surface area contributed by atoms with Crippen LogP contribution in [0.5, 0.6) is 0 Å². The summed E-state index contributed by atoms with van der Waals surface area (Å²) in [4.78, 5) is 12.6. The molecule has 0 fully saturated rings. The summed E-state index contributed by atoms with van der Waals surface area (Å²) in [5.74, 6) is 0.343. The van der Waals surface area contributed by atoms with E-state index in [1.807, 2.05) is 31.5 Å². The molecule has 158 valence electrons. The van der Waals surface area contributed by atoms with Crippen molar-refractivity contribution in [1.29, 1.82) is 0 Å². The van der Waals surface area contributed by atoms with Crippen LogP contribution in [-0.2, 0) is 25.8 Å². The van der Waals surface area contributed by atoms with Crippen LogP contribution in [0.15, 0.2) is 41.3 Å². The van der Waals surface area contributed by atoms with Crippen molar-refractivity contribution in [3.63, 3.8) is 0 Å². The number of aromatic nitrogens is 2. The Bertz CT molecular complexity index is 1010. The van der Waals surface area contributed by atoms with E-state index in [1.165, 1.54) is 25.3 Å². The minimum atomic E-state index is -3.48. The second-order valence-electron chi connectivity index (χ2n) is 8.85. The quantitative estimate of drug-likeness (QED) is 0.727. The summed E-state index contributed by atoms with van der Waals surface area (Å²) in [6.45, 7) is 12.3. The number of benzene rings is 1. The van der Waals surface area contributed by atoms with Crippen molar-refractivity contribution in [2.24, 2.45) is 0 Å². The van der Waals surface area contributed by atoms with E-state index in [9.17, 15) is 13.2 Å². The van der Waals surface area contributed by atoms with Gasteiger partial charge in [0, 0.05) is 17.6 Å². The van der Waals surface area contributed by atoms with Crippen LogP contribution in [0.1, 0.15) is 52.8 Å². The van der Waals surface area contributed by atoms with Crippen LogP contribution in [0.25, 0.3) is 6.08 Å².